The van der Waals surface area contributed by atoms with Gasteiger partial charge in [-0.25, -0.2) is 13.1 Å². The van der Waals surface area contributed by atoms with Crippen LogP contribution in [0.1, 0.15) is 36.8 Å². The minimum atomic E-state index is -3.45. The lowest BCUT2D eigenvalue weighted by molar-refractivity contribution is 0.333. The van der Waals surface area contributed by atoms with E-state index in [2.05, 4.69) is 4.72 Å². The highest BCUT2D eigenvalue weighted by molar-refractivity contribution is 7.89. The molecule has 1 aromatic rings. The highest BCUT2D eigenvalue weighted by atomic mass is 32.2. The first kappa shape index (κ1) is 14.9. The van der Waals surface area contributed by atoms with Crippen LogP contribution in [0.15, 0.2) is 17.0 Å². The van der Waals surface area contributed by atoms with Crippen LogP contribution in [0.2, 0.25) is 0 Å². The zero-order valence-electron chi connectivity index (χ0n) is 12.7. The summed E-state index contributed by atoms with van der Waals surface area (Å²) in [4.78, 5) is 0.389. The maximum absolute atomic E-state index is 12.6. The third-order valence-electron chi connectivity index (χ3n) is 5.17. The van der Waals surface area contributed by atoms with Crippen LogP contribution >= 0.6 is 0 Å². The summed E-state index contributed by atoms with van der Waals surface area (Å²) in [5.41, 5.74) is 7.81. The smallest absolute Gasteiger partial charge is 0.241 e. The van der Waals surface area contributed by atoms with Crippen molar-refractivity contribution in [3.63, 3.8) is 0 Å². The number of aryl methyl sites for hydroxylation is 2. The molecule has 2 bridgehead atoms. The van der Waals surface area contributed by atoms with E-state index in [1.165, 1.54) is 25.7 Å². The molecule has 3 N–H and O–H groups in total. The van der Waals surface area contributed by atoms with Gasteiger partial charge in [0.2, 0.25) is 10.0 Å². The van der Waals surface area contributed by atoms with Crippen LogP contribution in [0.5, 0.6) is 0 Å². The monoisotopic (exact) mass is 308 g/mol. The molecular formula is C16H24N2O2S. The molecule has 0 amide bonds. The summed E-state index contributed by atoms with van der Waals surface area (Å²) in [5, 5.41) is 0. The van der Waals surface area contributed by atoms with Gasteiger partial charge in [0.15, 0.2) is 0 Å². The van der Waals surface area contributed by atoms with Crippen molar-refractivity contribution in [2.24, 2.45) is 17.8 Å². The fourth-order valence-electron chi connectivity index (χ4n) is 4.32. The molecule has 0 aliphatic heterocycles. The van der Waals surface area contributed by atoms with Crippen molar-refractivity contribution in [1.29, 1.82) is 0 Å². The van der Waals surface area contributed by atoms with E-state index in [0.717, 1.165) is 11.8 Å². The number of sulfonamides is 1. The summed E-state index contributed by atoms with van der Waals surface area (Å²) in [6, 6.07) is 3.44. The van der Waals surface area contributed by atoms with E-state index in [-0.39, 0.29) is 0 Å². The summed E-state index contributed by atoms with van der Waals surface area (Å²) < 4.78 is 28.0. The summed E-state index contributed by atoms with van der Waals surface area (Å²) >= 11 is 0. The molecule has 0 radical (unpaired) electrons. The number of nitrogens with two attached hydrogens (primary N) is 1. The Bertz CT molecular complexity index is 631. The minimum Gasteiger partial charge on any atom is -0.399 e. The van der Waals surface area contributed by atoms with Gasteiger partial charge < -0.3 is 5.73 Å². The molecule has 3 unspecified atom stereocenters. The third-order valence-corrected chi connectivity index (χ3v) is 6.90. The van der Waals surface area contributed by atoms with Crippen molar-refractivity contribution in [3.05, 3.63) is 23.3 Å². The van der Waals surface area contributed by atoms with Crippen molar-refractivity contribution < 1.29 is 8.42 Å². The second-order valence-corrected chi connectivity index (χ2v) is 8.47. The normalized spacial score (nSPS) is 28.2. The number of hydrogen-bond acceptors (Lipinski definition) is 3. The van der Waals surface area contributed by atoms with E-state index < -0.39 is 10.0 Å². The average Bonchev–Trinajstić information content (AvgIpc) is 2.96. The van der Waals surface area contributed by atoms with Crippen LogP contribution in [0.4, 0.5) is 5.69 Å². The maximum Gasteiger partial charge on any atom is 0.241 e. The van der Waals surface area contributed by atoms with E-state index in [1.54, 1.807) is 26.0 Å². The molecule has 2 saturated carbocycles. The van der Waals surface area contributed by atoms with Crippen molar-refractivity contribution in [2.75, 3.05) is 12.3 Å². The molecule has 21 heavy (non-hydrogen) atoms. The Morgan fingerprint density at radius 3 is 2.38 bits per heavy atom. The molecule has 116 valence electrons. The number of rotatable bonds is 4. The lowest BCUT2D eigenvalue weighted by Crippen LogP contribution is -2.32. The summed E-state index contributed by atoms with van der Waals surface area (Å²) in [6.45, 7) is 4.18. The molecule has 0 saturated heterocycles. The van der Waals surface area contributed by atoms with Crippen molar-refractivity contribution in [1.82, 2.24) is 4.72 Å². The SMILES string of the molecule is Cc1cc(N)cc(C)c1S(=O)(=O)NCC1CC2CCC1C2. The predicted molar refractivity (Wildman–Crippen MR) is 84.5 cm³/mol. The lowest BCUT2D eigenvalue weighted by Gasteiger charge is -2.22. The third kappa shape index (κ3) is 2.81. The van der Waals surface area contributed by atoms with E-state index in [0.29, 0.717) is 34.2 Å². The van der Waals surface area contributed by atoms with Crippen LogP contribution in [0.25, 0.3) is 0 Å². The number of fused-ring (bicyclic) bond motifs is 2. The topological polar surface area (TPSA) is 72.2 Å². The zero-order chi connectivity index (χ0) is 15.2. The van der Waals surface area contributed by atoms with Gasteiger partial charge in [0.1, 0.15) is 0 Å². The summed E-state index contributed by atoms with van der Waals surface area (Å²) in [5.74, 6) is 2.09. The van der Waals surface area contributed by atoms with Crippen LogP contribution in [0.3, 0.4) is 0 Å². The van der Waals surface area contributed by atoms with Gasteiger partial charge in [0.05, 0.1) is 4.90 Å². The Hall–Kier alpha value is -1.07. The molecular weight excluding hydrogens is 284 g/mol. The molecule has 0 heterocycles. The quantitative estimate of drug-likeness (QED) is 0.840. The van der Waals surface area contributed by atoms with Gasteiger partial charge in [0, 0.05) is 12.2 Å². The molecule has 1 aromatic carbocycles. The van der Waals surface area contributed by atoms with Crippen LogP contribution in [-0.4, -0.2) is 15.0 Å². The molecule has 3 atom stereocenters. The summed E-state index contributed by atoms with van der Waals surface area (Å²) in [7, 11) is -3.45. The number of nitrogen functional groups attached to an aromatic ring is 1. The molecule has 5 heteroatoms. The van der Waals surface area contributed by atoms with Crippen LogP contribution < -0.4 is 10.5 Å². The molecule has 2 aliphatic rings. The maximum atomic E-state index is 12.6. The molecule has 2 aliphatic carbocycles. The van der Waals surface area contributed by atoms with E-state index in [4.69, 9.17) is 5.73 Å². The molecule has 2 fully saturated rings. The Labute approximate surface area is 127 Å². The first-order chi connectivity index (χ1) is 9.87. The molecule has 3 rings (SSSR count). The number of anilines is 1. The molecule has 4 nitrogen and oxygen atoms in total. The molecule has 0 aromatic heterocycles. The Morgan fingerprint density at radius 1 is 1.19 bits per heavy atom. The van der Waals surface area contributed by atoms with Gasteiger partial charge >= 0.3 is 0 Å². The zero-order valence-corrected chi connectivity index (χ0v) is 13.5. The standard InChI is InChI=1S/C16H24N2O2S/c1-10-5-15(17)6-11(2)16(10)21(19,20)18-9-14-8-12-3-4-13(14)7-12/h5-6,12-14,18H,3-4,7-9,17H2,1-2H3. The van der Waals surface area contributed by atoms with Crippen LogP contribution in [-0.2, 0) is 10.0 Å². The van der Waals surface area contributed by atoms with Crippen LogP contribution in [0, 0.1) is 31.6 Å². The minimum absolute atomic E-state index is 0.389. The second kappa shape index (κ2) is 5.29. The number of nitrogens with one attached hydrogen (secondary N) is 1. The van der Waals surface area contributed by atoms with Gasteiger partial charge in [-0.15, -0.1) is 0 Å². The fraction of sp³-hybridized carbons (Fsp3) is 0.625. The van der Waals surface area contributed by atoms with Gasteiger partial charge in [-0.2, -0.15) is 0 Å². The van der Waals surface area contributed by atoms with Crippen molar-refractivity contribution >= 4 is 15.7 Å². The summed E-state index contributed by atoms with van der Waals surface area (Å²) in [6.07, 6.45) is 5.10. The second-order valence-electron chi connectivity index (χ2n) is 6.77. The first-order valence-corrected chi connectivity index (χ1v) is 9.21. The Kier molecular flexibility index (Phi) is 3.74. The largest absolute Gasteiger partial charge is 0.399 e. The highest BCUT2D eigenvalue weighted by Crippen LogP contribution is 2.48. The number of benzene rings is 1. The number of hydrogen-bond donors (Lipinski definition) is 2. The van der Waals surface area contributed by atoms with Gasteiger partial charge in [0.25, 0.3) is 0 Å². The van der Waals surface area contributed by atoms with Gasteiger partial charge in [-0.1, -0.05) is 6.42 Å². The lowest BCUT2D eigenvalue weighted by atomic mass is 9.89. The van der Waals surface area contributed by atoms with Crippen molar-refractivity contribution in [3.8, 4) is 0 Å². The van der Waals surface area contributed by atoms with E-state index in [9.17, 15) is 8.42 Å². The van der Waals surface area contributed by atoms with E-state index >= 15 is 0 Å². The molecule has 0 spiro atoms. The Balaban J connectivity index is 1.75. The van der Waals surface area contributed by atoms with Gasteiger partial charge in [-0.05, 0) is 74.1 Å². The average molecular weight is 308 g/mol. The fourth-order valence-corrected chi connectivity index (χ4v) is 5.87. The first-order valence-electron chi connectivity index (χ1n) is 7.73. The Morgan fingerprint density at radius 2 is 1.86 bits per heavy atom. The van der Waals surface area contributed by atoms with Gasteiger partial charge in [-0.3, -0.25) is 0 Å². The predicted octanol–water partition coefficient (Wildman–Crippen LogP) is 2.60. The van der Waals surface area contributed by atoms with Crippen molar-refractivity contribution in [2.45, 2.75) is 44.4 Å². The highest BCUT2D eigenvalue weighted by Gasteiger charge is 2.39. The van der Waals surface area contributed by atoms with E-state index in [1.807, 2.05) is 0 Å².